The first-order valence-corrected chi connectivity index (χ1v) is 17.4. The van der Waals surface area contributed by atoms with Crippen LogP contribution in [0.25, 0.3) is 66.6 Å². The standard InChI is InChI=1S/C48H39N/c1-7-29-15-9-11-17-33(29)32(8-2)30-21-22-36-39-25-44-40(26-43(39)47(3,4)42(36)23-30)46-37-20-14-13-19-35(37)38(24-45(46)48(44,5)6)41-28-49-27-31-16-10-12-18-34(31)41/h7-28H,2H2,1,3-6H3/b29-7-,33-32+. The van der Waals surface area contributed by atoms with Gasteiger partial charge in [-0.3, -0.25) is 4.98 Å². The molecule has 0 saturated carbocycles. The van der Waals surface area contributed by atoms with Crippen molar-refractivity contribution in [3.63, 3.8) is 0 Å². The van der Waals surface area contributed by atoms with Crippen LogP contribution in [0.1, 0.15) is 62.4 Å². The van der Waals surface area contributed by atoms with E-state index in [0.29, 0.717) is 0 Å². The molecule has 0 atom stereocenters. The summed E-state index contributed by atoms with van der Waals surface area (Å²) in [4.78, 5) is 4.68. The summed E-state index contributed by atoms with van der Waals surface area (Å²) in [6, 6.07) is 40.7. The van der Waals surface area contributed by atoms with E-state index in [-0.39, 0.29) is 10.8 Å². The average molecular weight is 630 g/mol. The van der Waals surface area contributed by atoms with Crippen molar-refractivity contribution in [1.82, 2.24) is 4.98 Å². The van der Waals surface area contributed by atoms with E-state index >= 15 is 0 Å². The quantitative estimate of drug-likeness (QED) is 0.190. The molecule has 9 rings (SSSR count). The molecule has 0 radical (unpaired) electrons. The number of nitrogens with zero attached hydrogens (tertiary/aromatic N) is 1. The second kappa shape index (κ2) is 10.5. The lowest BCUT2D eigenvalue weighted by atomic mass is 9.78. The summed E-state index contributed by atoms with van der Waals surface area (Å²) in [5.74, 6) is 0. The summed E-state index contributed by atoms with van der Waals surface area (Å²) >= 11 is 0. The molecule has 0 unspecified atom stereocenters. The third-order valence-corrected chi connectivity index (χ3v) is 11.5. The maximum atomic E-state index is 4.68. The molecule has 1 nitrogen and oxygen atoms in total. The van der Waals surface area contributed by atoms with Crippen molar-refractivity contribution in [3.8, 4) is 33.4 Å². The van der Waals surface area contributed by atoms with E-state index in [2.05, 4.69) is 161 Å². The minimum Gasteiger partial charge on any atom is -0.263 e. The number of fused-ring (bicyclic) bond motifs is 9. The molecule has 0 fully saturated rings. The van der Waals surface area contributed by atoms with Crippen molar-refractivity contribution < 1.29 is 0 Å². The summed E-state index contributed by atoms with van der Waals surface area (Å²) < 4.78 is 0. The van der Waals surface area contributed by atoms with Gasteiger partial charge < -0.3 is 0 Å². The van der Waals surface area contributed by atoms with E-state index in [1.807, 2.05) is 18.5 Å². The Morgan fingerprint density at radius 1 is 0.571 bits per heavy atom. The van der Waals surface area contributed by atoms with Crippen LogP contribution in [-0.2, 0) is 10.8 Å². The summed E-state index contributed by atoms with van der Waals surface area (Å²) in [5.41, 5.74) is 15.5. The van der Waals surface area contributed by atoms with Gasteiger partial charge in [-0.25, -0.2) is 0 Å². The molecule has 6 aromatic carbocycles. The van der Waals surface area contributed by atoms with Crippen LogP contribution in [-0.4, -0.2) is 4.98 Å². The van der Waals surface area contributed by atoms with E-state index in [1.54, 1.807) is 0 Å². The zero-order valence-corrected chi connectivity index (χ0v) is 28.9. The topological polar surface area (TPSA) is 12.9 Å². The van der Waals surface area contributed by atoms with Crippen molar-refractivity contribution in [1.29, 1.82) is 0 Å². The van der Waals surface area contributed by atoms with Gasteiger partial charge in [0.2, 0.25) is 0 Å². The molecule has 236 valence electrons. The molecule has 0 N–H and O–H groups in total. The molecule has 0 amide bonds. The Morgan fingerprint density at radius 2 is 1.20 bits per heavy atom. The fraction of sp³-hybridized carbons (Fsp3) is 0.146. The zero-order valence-electron chi connectivity index (χ0n) is 28.9. The Morgan fingerprint density at radius 3 is 2.00 bits per heavy atom. The van der Waals surface area contributed by atoms with Crippen LogP contribution in [0.2, 0.25) is 0 Å². The number of rotatable bonds is 3. The second-order valence-corrected chi connectivity index (χ2v) is 14.7. The monoisotopic (exact) mass is 629 g/mol. The molecule has 1 heteroatoms. The summed E-state index contributed by atoms with van der Waals surface area (Å²) in [5, 5.41) is 7.43. The Labute approximate surface area is 288 Å². The Balaban J connectivity index is 1.26. The smallest absolute Gasteiger partial charge is 0.0353 e. The molecule has 0 saturated heterocycles. The van der Waals surface area contributed by atoms with Gasteiger partial charge in [-0.1, -0.05) is 131 Å². The van der Waals surface area contributed by atoms with Gasteiger partial charge in [-0.05, 0) is 119 Å². The molecule has 2 aliphatic carbocycles. The molecule has 0 aliphatic heterocycles. The fourth-order valence-corrected chi connectivity index (χ4v) is 8.91. The molecule has 1 heterocycles. The molecule has 7 aromatic rings. The van der Waals surface area contributed by atoms with Crippen LogP contribution in [0.5, 0.6) is 0 Å². The van der Waals surface area contributed by atoms with Crippen molar-refractivity contribution in [2.75, 3.05) is 0 Å². The normalized spacial score (nSPS) is 15.9. The third kappa shape index (κ3) is 4.09. The lowest BCUT2D eigenvalue weighted by molar-refractivity contribution is 0.652. The first-order chi connectivity index (χ1) is 23.7. The Bertz CT molecular complexity index is 2680. The number of allylic oxidation sites excluding steroid dienone is 1. The predicted octanol–water partition coefficient (Wildman–Crippen LogP) is 10.9. The highest BCUT2D eigenvalue weighted by Gasteiger charge is 2.42. The predicted molar refractivity (Wildman–Crippen MR) is 208 cm³/mol. The first-order valence-electron chi connectivity index (χ1n) is 17.4. The highest BCUT2D eigenvalue weighted by Crippen LogP contribution is 2.58. The minimum absolute atomic E-state index is 0.157. The van der Waals surface area contributed by atoms with Gasteiger partial charge in [-0.2, -0.15) is 0 Å². The van der Waals surface area contributed by atoms with Crippen molar-refractivity contribution in [2.24, 2.45) is 0 Å². The van der Waals surface area contributed by atoms with E-state index in [9.17, 15) is 0 Å². The molecule has 2 aliphatic rings. The van der Waals surface area contributed by atoms with Gasteiger partial charge >= 0.3 is 0 Å². The number of benzene rings is 6. The van der Waals surface area contributed by atoms with E-state index in [4.69, 9.17) is 0 Å². The SMILES string of the molecule is C=C/C(c1ccc2c(c1)C(C)(C)c1cc3c(cc1-2)C(C)(C)c1cc(-c2cncc4ccccc24)c2ccccc2c1-3)=c1/cccc/c1=C/C. The largest absolute Gasteiger partial charge is 0.263 e. The maximum absolute atomic E-state index is 4.68. The lowest BCUT2D eigenvalue weighted by Gasteiger charge is -2.24. The lowest BCUT2D eigenvalue weighted by Crippen LogP contribution is -2.26. The summed E-state index contributed by atoms with van der Waals surface area (Å²) in [6.45, 7) is 15.9. The number of hydrogen-bond acceptors (Lipinski definition) is 1. The van der Waals surface area contributed by atoms with Crippen LogP contribution in [0.4, 0.5) is 0 Å². The minimum atomic E-state index is -0.173. The second-order valence-electron chi connectivity index (χ2n) is 14.7. The van der Waals surface area contributed by atoms with E-state index < -0.39 is 0 Å². The van der Waals surface area contributed by atoms with Gasteiger partial charge in [0.15, 0.2) is 0 Å². The highest BCUT2D eigenvalue weighted by atomic mass is 14.6. The summed E-state index contributed by atoms with van der Waals surface area (Å²) in [7, 11) is 0. The molecule has 0 spiro atoms. The fourth-order valence-electron chi connectivity index (χ4n) is 8.91. The zero-order chi connectivity index (χ0) is 33.7. The van der Waals surface area contributed by atoms with Crippen molar-refractivity contribution in [3.05, 3.63) is 172 Å². The van der Waals surface area contributed by atoms with Gasteiger partial charge in [0.1, 0.15) is 0 Å². The van der Waals surface area contributed by atoms with Gasteiger partial charge in [0.05, 0.1) is 0 Å². The average Bonchev–Trinajstić information content (AvgIpc) is 3.49. The molecule has 1 aromatic heterocycles. The van der Waals surface area contributed by atoms with Crippen LogP contribution in [0.3, 0.4) is 0 Å². The maximum Gasteiger partial charge on any atom is 0.0353 e. The van der Waals surface area contributed by atoms with Crippen LogP contribution in [0, 0.1) is 0 Å². The third-order valence-electron chi connectivity index (χ3n) is 11.5. The van der Waals surface area contributed by atoms with Crippen molar-refractivity contribution >= 4 is 33.2 Å². The highest BCUT2D eigenvalue weighted by molar-refractivity contribution is 6.12. The van der Waals surface area contributed by atoms with Gasteiger partial charge in [0, 0.05) is 34.2 Å². The number of aromatic nitrogens is 1. The van der Waals surface area contributed by atoms with Crippen LogP contribution < -0.4 is 10.4 Å². The van der Waals surface area contributed by atoms with Crippen LogP contribution in [0.15, 0.2) is 134 Å². The first kappa shape index (κ1) is 29.6. The van der Waals surface area contributed by atoms with E-state index in [0.717, 1.165) is 0 Å². The molecule has 49 heavy (non-hydrogen) atoms. The number of hydrogen-bond donors (Lipinski definition) is 0. The van der Waals surface area contributed by atoms with Crippen LogP contribution >= 0.6 is 0 Å². The van der Waals surface area contributed by atoms with Crippen molar-refractivity contribution in [2.45, 2.75) is 45.4 Å². The Kier molecular flexibility index (Phi) is 6.33. The van der Waals surface area contributed by atoms with E-state index in [1.165, 1.54) is 98.8 Å². The summed E-state index contributed by atoms with van der Waals surface area (Å²) in [6.07, 6.45) is 8.21. The molecular formula is C48H39N. The number of pyridine rings is 1. The molecule has 0 bridgehead atoms. The van der Waals surface area contributed by atoms with Gasteiger partial charge in [0.25, 0.3) is 0 Å². The van der Waals surface area contributed by atoms with Gasteiger partial charge in [-0.15, -0.1) is 0 Å². The molecular weight excluding hydrogens is 591 g/mol. The Hall–Kier alpha value is -5.53.